The van der Waals surface area contributed by atoms with E-state index < -0.39 is 11.0 Å². The van der Waals surface area contributed by atoms with Crippen LogP contribution in [0.2, 0.25) is 0 Å². The van der Waals surface area contributed by atoms with Crippen LogP contribution in [0.25, 0.3) is 0 Å². The second-order valence-corrected chi connectivity index (χ2v) is 3.20. The van der Waals surface area contributed by atoms with Crippen molar-refractivity contribution in [1.82, 2.24) is 5.32 Å². The Morgan fingerprint density at radius 3 is 3.00 bits per heavy atom. The summed E-state index contributed by atoms with van der Waals surface area (Å²) in [5.74, 6) is -0.409. The SMILES string of the molecule is O=CO[CH-][n+]1cccc(C(=O)NCCO[N+](=O)O)c1.[Y]. The van der Waals surface area contributed by atoms with Crippen molar-refractivity contribution in [3.05, 3.63) is 41.7 Å². The maximum atomic E-state index is 11.7. The van der Waals surface area contributed by atoms with E-state index in [9.17, 15) is 14.5 Å². The Bertz CT molecular complexity index is 470. The molecule has 9 nitrogen and oxygen atoms in total. The summed E-state index contributed by atoms with van der Waals surface area (Å²) in [6.45, 7) is 1.25. The van der Waals surface area contributed by atoms with Gasteiger partial charge in [0.25, 0.3) is 6.47 Å². The predicted octanol–water partition coefficient (Wildman–Crippen LogP) is -1.06. The monoisotopic (exact) mass is 359 g/mol. The zero-order chi connectivity index (χ0) is 14.1. The quantitative estimate of drug-likeness (QED) is 0.201. The molecule has 20 heavy (non-hydrogen) atoms. The van der Waals surface area contributed by atoms with Gasteiger partial charge in [-0.2, -0.15) is 4.84 Å². The molecule has 0 aliphatic rings. The second kappa shape index (κ2) is 10.1. The van der Waals surface area contributed by atoms with E-state index in [4.69, 9.17) is 5.21 Å². The maximum Gasteiger partial charge on any atom is 0.475 e. The van der Waals surface area contributed by atoms with Crippen LogP contribution in [0, 0.1) is 11.6 Å². The molecule has 0 spiro atoms. The Balaban J connectivity index is 0.00000361. The van der Waals surface area contributed by atoms with Crippen LogP contribution in [-0.2, 0) is 47.1 Å². The molecule has 1 aromatic heterocycles. The molecule has 1 amide bonds. The minimum atomic E-state index is -0.686. The number of hydrogen-bond acceptors (Lipinski definition) is 5. The van der Waals surface area contributed by atoms with Crippen molar-refractivity contribution >= 4 is 12.4 Å². The number of nitrogens with zero attached hydrogens (tertiary/aromatic N) is 2. The molecule has 0 saturated carbocycles. The summed E-state index contributed by atoms with van der Waals surface area (Å²) in [6, 6.07) is 3.14. The van der Waals surface area contributed by atoms with Crippen LogP contribution in [0.1, 0.15) is 10.4 Å². The van der Waals surface area contributed by atoms with Crippen molar-refractivity contribution < 1.29 is 66.7 Å². The first-order valence-electron chi connectivity index (χ1n) is 5.14. The van der Waals surface area contributed by atoms with E-state index in [0.29, 0.717) is 5.56 Å². The first kappa shape index (κ1) is 18.3. The van der Waals surface area contributed by atoms with Crippen molar-refractivity contribution in [3.8, 4) is 0 Å². The molecule has 0 bridgehead atoms. The molecule has 1 rings (SSSR count). The van der Waals surface area contributed by atoms with Crippen LogP contribution in [0.5, 0.6) is 0 Å². The van der Waals surface area contributed by atoms with Gasteiger partial charge in [-0.25, -0.2) is 5.21 Å². The van der Waals surface area contributed by atoms with E-state index in [-0.39, 0.29) is 52.3 Å². The van der Waals surface area contributed by atoms with Gasteiger partial charge >= 0.3 is 5.09 Å². The van der Waals surface area contributed by atoms with Gasteiger partial charge in [-0.1, -0.05) is 12.1 Å². The van der Waals surface area contributed by atoms with Gasteiger partial charge < -0.3 is 14.6 Å². The smallest absolute Gasteiger partial charge is 0.443 e. The molecule has 2 N–H and O–H groups in total. The van der Waals surface area contributed by atoms with Crippen LogP contribution in [0.4, 0.5) is 0 Å². The third kappa shape index (κ3) is 7.00. The van der Waals surface area contributed by atoms with Gasteiger partial charge in [-0.3, -0.25) is 9.59 Å². The minimum Gasteiger partial charge on any atom is -0.443 e. The number of pyridine rings is 1. The number of carbonyl (C=O) groups is 2. The van der Waals surface area contributed by atoms with Crippen LogP contribution in [0.3, 0.4) is 0 Å². The molecule has 0 atom stereocenters. The van der Waals surface area contributed by atoms with E-state index in [1.807, 2.05) is 0 Å². The number of rotatable bonds is 8. The van der Waals surface area contributed by atoms with Crippen LogP contribution >= 0.6 is 0 Å². The van der Waals surface area contributed by atoms with E-state index >= 15 is 0 Å². The van der Waals surface area contributed by atoms with Crippen molar-refractivity contribution in [2.45, 2.75) is 0 Å². The number of aromatic nitrogens is 1. The molecule has 0 unspecified atom stereocenters. The molecule has 105 valence electrons. The molecule has 0 aromatic carbocycles. The standard InChI is InChI=1S/C10H11N3O6.Y/c14-8-18-7-12-4-1-2-9(6-12)10(15)11-3-5-19-13(16)17;/h1-2,4,6-8H,3,5H2,(H-,11,15,16,17);/p+1. The van der Waals surface area contributed by atoms with Crippen molar-refractivity contribution in [3.63, 3.8) is 0 Å². The summed E-state index contributed by atoms with van der Waals surface area (Å²) in [5, 5.41) is 9.92. The average Bonchev–Trinajstić information content (AvgIpc) is 2.41. The Hall–Kier alpha value is -1.74. The summed E-state index contributed by atoms with van der Waals surface area (Å²) in [5.41, 5.74) is 0.316. The minimum absolute atomic E-state index is 0. The summed E-state index contributed by atoms with van der Waals surface area (Å²) in [7, 11) is 0. The number of nitrogens with one attached hydrogen (secondary N) is 1. The Kier molecular flexibility index (Phi) is 9.22. The average molecular weight is 359 g/mol. The number of amides is 1. The fourth-order valence-corrected chi connectivity index (χ4v) is 1.18. The third-order valence-electron chi connectivity index (χ3n) is 1.91. The van der Waals surface area contributed by atoms with Crippen LogP contribution in [0.15, 0.2) is 24.5 Å². The van der Waals surface area contributed by atoms with Gasteiger partial charge in [-0.15, -0.1) is 0 Å². The Labute approximate surface area is 139 Å². The molecule has 0 saturated heterocycles. The second-order valence-electron chi connectivity index (χ2n) is 3.20. The molecule has 10 heteroatoms. The third-order valence-corrected chi connectivity index (χ3v) is 1.91. The van der Waals surface area contributed by atoms with E-state index in [1.165, 1.54) is 10.8 Å². The Morgan fingerprint density at radius 1 is 1.60 bits per heavy atom. The summed E-state index contributed by atoms with van der Waals surface area (Å²) in [6.07, 6.45) is 3.01. The van der Waals surface area contributed by atoms with Gasteiger partial charge in [0.2, 0.25) is 12.6 Å². The summed E-state index contributed by atoms with van der Waals surface area (Å²) < 4.78 is 5.80. The molecule has 0 aliphatic heterocycles. The van der Waals surface area contributed by atoms with Gasteiger partial charge in [-0.05, 0) is 0 Å². The van der Waals surface area contributed by atoms with Crippen molar-refractivity contribution in [2.24, 2.45) is 0 Å². The van der Waals surface area contributed by atoms with E-state index in [0.717, 1.165) is 6.73 Å². The summed E-state index contributed by atoms with van der Waals surface area (Å²) >= 11 is 0. The largest absolute Gasteiger partial charge is 0.475 e. The molecular formula is C10H12N3O6Y+. The summed E-state index contributed by atoms with van der Waals surface area (Å²) in [4.78, 5) is 35.8. The number of carbonyl (C=O) groups excluding carboxylic acids is 2. The normalized spacial score (nSPS) is 8.80. The number of ether oxygens (including phenoxy) is 1. The van der Waals surface area contributed by atoms with Crippen LogP contribution in [-0.4, -0.2) is 35.8 Å². The van der Waals surface area contributed by atoms with Crippen molar-refractivity contribution in [2.75, 3.05) is 13.2 Å². The van der Waals surface area contributed by atoms with Gasteiger partial charge in [0.1, 0.15) is 4.91 Å². The van der Waals surface area contributed by atoms with Crippen LogP contribution < -0.4 is 9.88 Å². The zero-order valence-corrected chi connectivity index (χ0v) is 13.2. The fourth-order valence-electron chi connectivity index (χ4n) is 1.18. The van der Waals surface area contributed by atoms with E-state index in [2.05, 4.69) is 14.9 Å². The predicted molar refractivity (Wildman–Crippen MR) is 57.2 cm³/mol. The fraction of sp³-hybridized carbons (Fsp3) is 0.200. The maximum absolute atomic E-state index is 11.7. The Morgan fingerprint density at radius 2 is 2.35 bits per heavy atom. The van der Waals surface area contributed by atoms with Crippen molar-refractivity contribution in [1.29, 1.82) is 0 Å². The van der Waals surface area contributed by atoms with Gasteiger partial charge in [0.05, 0.1) is 18.9 Å². The molecular weight excluding hydrogens is 347 g/mol. The first-order chi connectivity index (χ1) is 9.13. The molecule has 1 aromatic rings. The first-order valence-corrected chi connectivity index (χ1v) is 5.14. The molecule has 0 aliphatic carbocycles. The van der Waals surface area contributed by atoms with Gasteiger partial charge in [0, 0.05) is 38.3 Å². The molecule has 1 heterocycles. The molecule has 0 fully saturated rings. The van der Waals surface area contributed by atoms with E-state index in [1.54, 1.807) is 18.3 Å². The molecule has 1 radical (unpaired) electrons. The van der Waals surface area contributed by atoms with Gasteiger partial charge in [0.15, 0.2) is 6.61 Å². The topological polar surface area (TPSA) is 109 Å². The zero-order valence-electron chi connectivity index (χ0n) is 10.3. The number of hydrogen-bond donors (Lipinski definition) is 2.